The van der Waals surface area contributed by atoms with E-state index >= 15 is 0 Å². The zero-order chi connectivity index (χ0) is 22.7. The van der Waals surface area contributed by atoms with Crippen molar-refractivity contribution in [2.45, 2.75) is 28.8 Å². The smallest absolute Gasteiger partial charge is 0.338 e. The minimum Gasteiger partial charge on any atom is -0.338 e. The van der Waals surface area contributed by atoms with E-state index < -0.39 is 11.7 Å². The average molecular weight is 475 g/mol. The van der Waals surface area contributed by atoms with Crippen LogP contribution < -0.4 is 0 Å². The van der Waals surface area contributed by atoms with Gasteiger partial charge in [0.25, 0.3) is 0 Å². The molecule has 0 spiro atoms. The van der Waals surface area contributed by atoms with Crippen LogP contribution >= 0.6 is 23.5 Å². The molecule has 0 aliphatic heterocycles. The summed E-state index contributed by atoms with van der Waals surface area (Å²) >= 11 is 3.04. The molecule has 32 heavy (non-hydrogen) atoms. The largest absolute Gasteiger partial charge is 0.416 e. The number of hydrogen-bond acceptors (Lipinski definition) is 7. The van der Waals surface area contributed by atoms with Crippen LogP contribution in [0.1, 0.15) is 17.1 Å². The molecule has 0 N–H and O–H groups in total. The van der Waals surface area contributed by atoms with E-state index in [-0.39, 0.29) is 0 Å². The molecule has 0 bridgehead atoms. The number of benzene rings is 2. The predicted molar refractivity (Wildman–Crippen MR) is 118 cm³/mol. The van der Waals surface area contributed by atoms with E-state index in [1.54, 1.807) is 17.8 Å². The molecule has 2 heterocycles. The molecule has 4 aromatic rings. The Morgan fingerprint density at radius 2 is 1.53 bits per heavy atom. The van der Waals surface area contributed by atoms with Gasteiger partial charge in [-0.05, 0) is 55.6 Å². The Labute approximate surface area is 190 Å². The van der Waals surface area contributed by atoms with Gasteiger partial charge in [0.2, 0.25) is 11.7 Å². The summed E-state index contributed by atoms with van der Waals surface area (Å²) in [5.74, 6) is 1.73. The van der Waals surface area contributed by atoms with Gasteiger partial charge in [-0.2, -0.15) is 18.2 Å². The van der Waals surface area contributed by atoms with Gasteiger partial charge in [-0.1, -0.05) is 29.1 Å². The lowest BCUT2D eigenvalue weighted by Crippen LogP contribution is -2.04. The third-order valence-corrected chi connectivity index (χ3v) is 6.10. The third-order valence-electron chi connectivity index (χ3n) is 4.46. The van der Waals surface area contributed by atoms with Crippen LogP contribution in [-0.2, 0) is 11.9 Å². The second kappa shape index (κ2) is 9.33. The number of aryl methyl sites for hydroxylation is 1. The molecule has 0 amide bonds. The van der Waals surface area contributed by atoms with Crippen molar-refractivity contribution >= 4 is 23.5 Å². The lowest BCUT2D eigenvalue weighted by molar-refractivity contribution is -0.137. The van der Waals surface area contributed by atoms with Crippen LogP contribution in [-0.4, -0.2) is 26.4 Å². The van der Waals surface area contributed by atoms with E-state index in [1.165, 1.54) is 23.9 Å². The van der Waals surface area contributed by atoms with Gasteiger partial charge in [-0.25, -0.2) is 9.97 Å². The van der Waals surface area contributed by atoms with Gasteiger partial charge in [0.1, 0.15) is 5.03 Å². The molecule has 10 heteroatoms. The molecule has 2 aromatic carbocycles. The molecule has 0 aliphatic carbocycles. The zero-order valence-electron chi connectivity index (χ0n) is 17.1. The van der Waals surface area contributed by atoms with Crippen LogP contribution in [0.5, 0.6) is 0 Å². The Balaban J connectivity index is 1.47. The van der Waals surface area contributed by atoms with Gasteiger partial charge in [0.15, 0.2) is 5.82 Å². The van der Waals surface area contributed by atoms with Crippen molar-refractivity contribution in [1.29, 1.82) is 0 Å². The minimum atomic E-state index is -4.38. The first-order valence-electron chi connectivity index (χ1n) is 9.45. The number of aromatic nitrogens is 4. The van der Waals surface area contributed by atoms with Crippen molar-refractivity contribution in [2.24, 2.45) is 0 Å². The lowest BCUT2D eigenvalue weighted by Gasteiger charge is -2.08. The summed E-state index contributed by atoms with van der Waals surface area (Å²) in [5, 5.41) is 4.70. The van der Waals surface area contributed by atoms with Crippen molar-refractivity contribution in [1.82, 2.24) is 20.1 Å². The van der Waals surface area contributed by atoms with Gasteiger partial charge in [0, 0.05) is 21.7 Å². The number of rotatable bonds is 6. The van der Waals surface area contributed by atoms with Gasteiger partial charge in [-0.15, -0.1) is 11.8 Å². The predicted octanol–water partition coefficient (Wildman–Crippen LogP) is 6.54. The van der Waals surface area contributed by atoms with E-state index in [4.69, 9.17) is 4.52 Å². The van der Waals surface area contributed by atoms with Gasteiger partial charge < -0.3 is 4.52 Å². The molecule has 4 rings (SSSR count). The third kappa shape index (κ3) is 5.31. The molecule has 0 atom stereocenters. The molecule has 0 saturated heterocycles. The molecule has 0 fully saturated rings. The van der Waals surface area contributed by atoms with E-state index in [0.29, 0.717) is 39.6 Å². The summed E-state index contributed by atoms with van der Waals surface area (Å²) in [6.45, 7) is 1.81. The highest BCUT2D eigenvalue weighted by Gasteiger charge is 2.30. The first kappa shape index (κ1) is 22.3. The summed E-state index contributed by atoms with van der Waals surface area (Å²) < 4.78 is 43.8. The highest BCUT2D eigenvalue weighted by molar-refractivity contribution is 7.98. The molecule has 2 aromatic heterocycles. The van der Waals surface area contributed by atoms with E-state index in [0.717, 1.165) is 22.6 Å². The maximum Gasteiger partial charge on any atom is 0.416 e. The van der Waals surface area contributed by atoms with Crippen LogP contribution in [0.25, 0.3) is 22.8 Å². The Bertz CT molecular complexity index is 1210. The van der Waals surface area contributed by atoms with Crippen molar-refractivity contribution in [3.05, 3.63) is 71.7 Å². The summed E-state index contributed by atoms with van der Waals surface area (Å²) in [6.07, 6.45) is -2.37. The van der Waals surface area contributed by atoms with Crippen molar-refractivity contribution in [3.8, 4) is 22.8 Å². The number of thioether (sulfide) groups is 2. The maximum atomic E-state index is 12.8. The molecular weight excluding hydrogens is 457 g/mol. The van der Waals surface area contributed by atoms with Gasteiger partial charge in [-0.3, -0.25) is 0 Å². The molecule has 0 radical (unpaired) electrons. The van der Waals surface area contributed by atoms with E-state index in [2.05, 4.69) is 20.1 Å². The SMILES string of the molecule is CSc1ccc(-c2noc(CSc3cc(C)nc(-c4ccc(C(F)(F)F)cc4)n3)n2)cc1. The maximum absolute atomic E-state index is 12.8. The quantitative estimate of drug-likeness (QED) is 0.232. The monoisotopic (exact) mass is 474 g/mol. The standard InChI is InChI=1S/C22H17F3N4OS2/c1-13-11-19(28-20(26-13)14-3-7-16(8-4-14)22(23,24)25)32-12-18-27-21(29-30-18)15-5-9-17(31-2)10-6-15/h3-11H,12H2,1-2H3. The summed E-state index contributed by atoms with van der Waals surface area (Å²) in [7, 11) is 0. The molecule has 5 nitrogen and oxygen atoms in total. The van der Waals surface area contributed by atoms with Crippen LogP contribution in [0, 0.1) is 6.92 Å². The Morgan fingerprint density at radius 3 is 2.19 bits per heavy atom. The Kier molecular flexibility index (Phi) is 6.52. The topological polar surface area (TPSA) is 64.7 Å². The molecule has 0 saturated carbocycles. The second-order valence-electron chi connectivity index (χ2n) is 6.78. The van der Waals surface area contributed by atoms with Gasteiger partial charge >= 0.3 is 6.18 Å². The summed E-state index contributed by atoms with van der Waals surface area (Å²) in [5.41, 5.74) is 1.37. The van der Waals surface area contributed by atoms with Crippen LogP contribution in [0.2, 0.25) is 0 Å². The molecule has 0 unspecified atom stereocenters. The first-order chi connectivity index (χ1) is 15.3. The lowest BCUT2D eigenvalue weighted by atomic mass is 10.1. The minimum absolute atomic E-state index is 0.362. The number of halogens is 3. The van der Waals surface area contributed by atoms with Crippen molar-refractivity contribution in [3.63, 3.8) is 0 Å². The van der Waals surface area contributed by atoms with E-state index in [9.17, 15) is 13.2 Å². The fraction of sp³-hybridized carbons (Fsp3) is 0.182. The van der Waals surface area contributed by atoms with Crippen LogP contribution in [0.3, 0.4) is 0 Å². The summed E-state index contributed by atoms with van der Waals surface area (Å²) in [4.78, 5) is 14.4. The highest BCUT2D eigenvalue weighted by Crippen LogP contribution is 2.31. The molecule has 164 valence electrons. The highest BCUT2D eigenvalue weighted by atomic mass is 32.2. The van der Waals surface area contributed by atoms with E-state index in [1.807, 2.05) is 37.4 Å². The van der Waals surface area contributed by atoms with Crippen molar-refractivity contribution < 1.29 is 17.7 Å². The van der Waals surface area contributed by atoms with Crippen LogP contribution in [0.15, 0.2) is 69.0 Å². The van der Waals surface area contributed by atoms with Crippen molar-refractivity contribution in [2.75, 3.05) is 6.26 Å². The average Bonchev–Trinajstić information content (AvgIpc) is 3.26. The zero-order valence-corrected chi connectivity index (χ0v) is 18.7. The first-order valence-corrected chi connectivity index (χ1v) is 11.7. The number of hydrogen-bond donors (Lipinski definition) is 0. The number of alkyl halides is 3. The fourth-order valence-corrected chi connectivity index (χ4v) is 4.06. The Hall–Kier alpha value is -2.85. The second-order valence-corrected chi connectivity index (χ2v) is 8.65. The Morgan fingerprint density at radius 1 is 0.875 bits per heavy atom. The molecular formula is C22H17F3N4OS2. The molecule has 0 aliphatic rings. The normalized spacial score (nSPS) is 11.7. The van der Waals surface area contributed by atoms with Crippen LogP contribution in [0.4, 0.5) is 13.2 Å². The fourth-order valence-electron chi connectivity index (χ4n) is 2.86. The van der Waals surface area contributed by atoms with Gasteiger partial charge in [0.05, 0.1) is 11.3 Å². The number of nitrogens with zero attached hydrogens (tertiary/aromatic N) is 4. The summed E-state index contributed by atoms with van der Waals surface area (Å²) in [6, 6.07) is 14.5.